The van der Waals surface area contributed by atoms with Crippen LogP contribution >= 0.6 is 11.6 Å². The molecule has 1 aliphatic heterocycles. The summed E-state index contributed by atoms with van der Waals surface area (Å²) in [5.41, 5.74) is 4.38. The highest BCUT2D eigenvalue weighted by molar-refractivity contribution is 6.33. The van der Waals surface area contributed by atoms with E-state index in [1.54, 1.807) is 41.3 Å². The molecule has 0 aromatic heterocycles. The van der Waals surface area contributed by atoms with Gasteiger partial charge in [-0.25, -0.2) is 9.18 Å². The van der Waals surface area contributed by atoms with Crippen LogP contribution in [-0.4, -0.2) is 60.4 Å². The monoisotopic (exact) mass is 613 g/mol. The van der Waals surface area contributed by atoms with Gasteiger partial charge in [0.05, 0.1) is 10.6 Å². The molecule has 44 heavy (non-hydrogen) atoms. The van der Waals surface area contributed by atoms with Crippen LogP contribution in [0.2, 0.25) is 5.02 Å². The van der Waals surface area contributed by atoms with Crippen molar-refractivity contribution in [1.29, 1.82) is 0 Å². The zero-order valence-electron chi connectivity index (χ0n) is 24.3. The number of rotatable bonds is 8. The Morgan fingerprint density at radius 1 is 0.818 bits per heavy atom. The Balaban J connectivity index is 1.17. The number of nitrogens with zero attached hydrogens (tertiary/aromatic N) is 3. The molecule has 2 N–H and O–H groups in total. The minimum atomic E-state index is -0.405. The summed E-state index contributed by atoms with van der Waals surface area (Å²) in [6, 6.07) is 27.5. The maximum atomic E-state index is 13.5. The van der Waals surface area contributed by atoms with E-state index < -0.39 is 5.91 Å². The van der Waals surface area contributed by atoms with E-state index in [9.17, 15) is 18.8 Å². The van der Waals surface area contributed by atoms with Crippen LogP contribution in [0.5, 0.6) is 0 Å². The van der Waals surface area contributed by atoms with Crippen LogP contribution in [0.15, 0.2) is 97.1 Å². The third-order valence-electron chi connectivity index (χ3n) is 7.37. The lowest BCUT2D eigenvalue weighted by atomic mass is 10.1. The second-order valence-electron chi connectivity index (χ2n) is 10.6. The number of hydrogen-bond acceptors (Lipinski definition) is 4. The third kappa shape index (κ3) is 7.93. The van der Waals surface area contributed by atoms with Gasteiger partial charge in [0.15, 0.2) is 0 Å². The molecule has 0 saturated carbocycles. The third-order valence-corrected chi connectivity index (χ3v) is 7.69. The van der Waals surface area contributed by atoms with Gasteiger partial charge in [0, 0.05) is 49.8 Å². The molecule has 4 aromatic rings. The topological polar surface area (TPSA) is 85.0 Å². The van der Waals surface area contributed by atoms with Gasteiger partial charge in [-0.15, -0.1) is 0 Å². The zero-order chi connectivity index (χ0) is 31.1. The van der Waals surface area contributed by atoms with Gasteiger partial charge >= 0.3 is 6.03 Å². The molecule has 0 atom stereocenters. The smallest absolute Gasteiger partial charge is 0.321 e. The number of carbonyl (C=O) groups excluding carboxylic acids is 3. The quantitative estimate of drug-likeness (QED) is 0.240. The molecule has 10 heteroatoms. The Hall–Kier alpha value is -4.89. The number of carbonyl (C=O) groups is 3. The Bertz CT molecular complexity index is 1620. The first-order chi connectivity index (χ1) is 21.2. The summed E-state index contributed by atoms with van der Waals surface area (Å²) >= 11 is 6.27. The Labute approximate surface area is 261 Å². The van der Waals surface area contributed by atoms with Crippen LogP contribution < -0.4 is 15.5 Å². The van der Waals surface area contributed by atoms with E-state index in [1.165, 1.54) is 17.0 Å². The summed E-state index contributed by atoms with van der Waals surface area (Å²) < 4.78 is 13.5. The molecule has 1 aliphatic rings. The van der Waals surface area contributed by atoms with Gasteiger partial charge in [-0.1, -0.05) is 48.0 Å². The van der Waals surface area contributed by atoms with Crippen molar-refractivity contribution in [2.24, 2.45) is 0 Å². The molecule has 8 nitrogen and oxygen atoms in total. The fourth-order valence-electron chi connectivity index (χ4n) is 5.04. The number of piperazine rings is 1. The van der Waals surface area contributed by atoms with Gasteiger partial charge < -0.3 is 25.3 Å². The number of anilines is 3. The van der Waals surface area contributed by atoms with E-state index in [-0.39, 0.29) is 41.4 Å². The molecule has 4 amide bonds. The fourth-order valence-corrected chi connectivity index (χ4v) is 5.25. The second kappa shape index (κ2) is 14.1. The average molecular weight is 614 g/mol. The summed E-state index contributed by atoms with van der Waals surface area (Å²) in [6.07, 6.45) is 0. The van der Waals surface area contributed by atoms with Gasteiger partial charge in [0.1, 0.15) is 12.4 Å². The van der Waals surface area contributed by atoms with Crippen molar-refractivity contribution in [3.63, 3.8) is 0 Å². The minimum absolute atomic E-state index is 0.103. The molecule has 5 rings (SSSR count). The van der Waals surface area contributed by atoms with E-state index in [0.29, 0.717) is 37.4 Å². The number of urea groups is 1. The maximum absolute atomic E-state index is 13.5. The van der Waals surface area contributed by atoms with Crippen molar-refractivity contribution in [3.8, 4) is 0 Å². The average Bonchev–Trinajstić information content (AvgIpc) is 3.02. The van der Waals surface area contributed by atoms with Crippen LogP contribution in [0.4, 0.5) is 26.2 Å². The first-order valence-electron chi connectivity index (χ1n) is 14.3. The van der Waals surface area contributed by atoms with Crippen LogP contribution in [0.25, 0.3) is 0 Å². The molecule has 0 radical (unpaired) electrons. The predicted molar refractivity (Wildman–Crippen MR) is 172 cm³/mol. The van der Waals surface area contributed by atoms with Crippen molar-refractivity contribution in [3.05, 3.63) is 125 Å². The van der Waals surface area contributed by atoms with E-state index in [4.69, 9.17) is 11.6 Å². The lowest BCUT2D eigenvalue weighted by molar-refractivity contribution is -0.117. The number of amides is 4. The van der Waals surface area contributed by atoms with E-state index in [1.807, 2.05) is 55.5 Å². The standard InChI is InChI=1S/C34H33ClFN5O3/c1-24-5-4-6-28(21-24)38-34(44)40-19-17-39(18-20-40)29-15-13-27(14-16-29)37-32(42)23-41(22-25-9-11-26(36)12-10-25)33(43)30-7-2-3-8-31(30)35/h2-16,21H,17-20,22-23H2,1H3,(H,37,42)(H,38,44). The van der Waals surface area contributed by atoms with Gasteiger partial charge in [0.2, 0.25) is 5.91 Å². The lowest BCUT2D eigenvalue weighted by Gasteiger charge is -2.36. The molecule has 226 valence electrons. The highest BCUT2D eigenvalue weighted by atomic mass is 35.5. The van der Waals surface area contributed by atoms with E-state index >= 15 is 0 Å². The van der Waals surface area contributed by atoms with Gasteiger partial charge in [-0.2, -0.15) is 0 Å². The number of hydrogen-bond donors (Lipinski definition) is 2. The second-order valence-corrected chi connectivity index (χ2v) is 11.0. The van der Waals surface area contributed by atoms with Crippen molar-refractivity contribution in [2.75, 3.05) is 48.3 Å². The largest absolute Gasteiger partial charge is 0.368 e. The van der Waals surface area contributed by atoms with Crippen LogP contribution in [0, 0.1) is 12.7 Å². The highest BCUT2D eigenvalue weighted by Gasteiger charge is 2.23. The minimum Gasteiger partial charge on any atom is -0.368 e. The summed E-state index contributed by atoms with van der Waals surface area (Å²) in [7, 11) is 0. The number of halogens is 2. The van der Waals surface area contributed by atoms with Gasteiger partial charge in [-0.05, 0) is 78.7 Å². The maximum Gasteiger partial charge on any atom is 0.321 e. The van der Waals surface area contributed by atoms with Crippen LogP contribution in [-0.2, 0) is 11.3 Å². The van der Waals surface area contributed by atoms with Crippen molar-refractivity contribution in [1.82, 2.24) is 9.80 Å². The molecular weight excluding hydrogens is 581 g/mol. The number of nitrogens with one attached hydrogen (secondary N) is 2. The molecule has 0 spiro atoms. The summed E-state index contributed by atoms with van der Waals surface area (Å²) in [5, 5.41) is 6.11. The number of aryl methyl sites for hydroxylation is 1. The van der Waals surface area contributed by atoms with E-state index in [0.717, 1.165) is 16.9 Å². The molecule has 1 fully saturated rings. The summed E-state index contributed by atoms with van der Waals surface area (Å²) in [4.78, 5) is 44.5. The summed E-state index contributed by atoms with van der Waals surface area (Å²) in [5.74, 6) is -1.17. The number of benzene rings is 4. The normalized spacial score (nSPS) is 12.9. The SMILES string of the molecule is Cc1cccc(NC(=O)N2CCN(c3ccc(NC(=O)CN(Cc4ccc(F)cc4)C(=O)c4ccccc4Cl)cc3)CC2)c1. The first-order valence-corrected chi connectivity index (χ1v) is 14.7. The van der Waals surface area contributed by atoms with Gasteiger partial charge in [0.25, 0.3) is 5.91 Å². The molecule has 0 aliphatic carbocycles. The molecule has 1 saturated heterocycles. The Kier molecular flexibility index (Phi) is 9.76. The zero-order valence-corrected chi connectivity index (χ0v) is 25.1. The van der Waals surface area contributed by atoms with Crippen molar-refractivity contribution < 1.29 is 18.8 Å². The van der Waals surface area contributed by atoms with Gasteiger partial charge in [-0.3, -0.25) is 9.59 Å². The lowest BCUT2D eigenvalue weighted by Crippen LogP contribution is -2.50. The Morgan fingerprint density at radius 2 is 1.52 bits per heavy atom. The molecular formula is C34H33ClFN5O3. The van der Waals surface area contributed by atoms with Crippen LogP contribution in [0.3, 0.4) is 0 Å². The summed E-state index contributed by atoms with van der Waals surface area (Å²) in [6.45, 7) is 4.38. The van der Waals surface area contributed by atoms with Crippen molar-refractivity contribution in [2.45, 2.75) is 13.5 Å². The fraction of sp³-hybridized carbons (Fsp3) is 0.206. The molecule has 0 unspecified atom stereocenters. The first kappa shape index (κ1) is 30.6. The molecule has 0 bridgehead atoms. The van der Waals surface area contributed by atoms with Crippen molar-refractivity contribution >= 4 is 46.5 Å². The molecule has 4 aromatic carbocycles. The highest BCUT2D eigenvalue weighted by Crippen LogP contribution is 2.22. The van der Waals surface area contributed by atoms with E-state index in [2.05, 4.69) is 15.5 Å². The van der Waals surface area contributed by atoms with Crippen LogP contribution in [0.1, 0.15) is 21.5 Å². The molecule has 1 heterocycles. The predicted octanol–water partition coefficient (Wildman–Crippen LogP) is 6.42. The Morgan fingerprint density at radius 3 is 2.20 bits per heavy atom.